The summed E-state index contributed by atoms with van der Waals surface area (Å²) in [4.78, 5) is 2.66. The molecule has 2 aliphatic rings. The molecule has 0 saturated heterocycles. The smallest absolute Gasteiger partial charge is 0.0713 e. The Hall–Kier alpha value is -5.37. The fourth-order valence-corrected chi connectivity index (χ4v) is 9.28. The molecule has 1 unspecified atom stereocenters. The number of benzene rings is 8. The van der Waals surface area contributed by atoms with E-state index in [1.165, 1.54) is 87.0 Å². The van der Waals surface area contributed by atoms with Crippen molar-refractivity contribution in [1.82, 2.24) is 0 Å². The fraction of sp³-hybridized carbons (Fsp3) is 0.0222. The highest BCUT2D eigenvalue weighted by molar-refractivity contribution is 7.99. The number of rotatable bonds is 3. The molecule has 0 saturated carbocycles. The summed E-state index contributed by atoms with van der Waals surface area (Å²) in [5, 5.41) is 5.23. The van der Waals surface area contributed by atoms with Crippen LogP contribution in [0.3, 0.4) is 0 Å². The third kappa shape index (κ3) is 3.58. The lowest BCUT2D eigenvalue weighted by atomic mass is 9.67. The molecule has 0 bridgehead atoms. The highest BCUT2D eigenvalue weighted by Crippen LogP contribution is 2.57. The average molecular weight is 601 g/mol. The molecule has 1 heterocycles. The van der Waals surface area contributed by atoms with Crippen molar-refractivity contribution in [3.8, 4) is 33.4 Å². The SMILES string of the molecule is c1ccc(C2(c3ccc(-c4ccc5c(c4)Sc4cccc6cccc-5c46)cc3)c3ccccc3-c3cc4ccccc4cc32)cc1. The molecule has 10 rings (SSSR count). The molecule has 0 nitrogen and oxygen atoms in total. The normalized spacial score (nSPS) is 15.8. The zero-order valence-corrected chi connectivity index (χ0v) is 25.9. The second-order valence-electron chi connectivity index (χ2n) is 12.5. The van der Waals surface area contributed by atoms with Crippen LogP contribution in [0.2, 0.25) is 0 Å². The van der Waals surface area contributed by atoms with E-state index in [2.05, 4.69) is 170 Å². The number of fused-ring (bicyclic) bond motifs is 6. The van der Waals surface area contributed by atoms with Gasteiger partial charge in [0.25, 0.3) is 0 Å². The highest BCUT2D eigenvalue weighted by Gasteiger charge is 2.46. The van der Waals surface area contributed by atoms with Gasteiger partial charge in [-0.25, -0.2) is 0 Å². The molecule has 214 valence electrons. The molecule has 0 N–H and O–H groups in total. The van der Waals surface area contributed by atoms with Gasteiger partial charge in [0.2, 0.25) is 0 Å². The highest BCUT2D eigenvalue weighted by atomic mass is 32.2. The molecular weight excluding hydrogens is 573 g/mol. The molecule has 8 aromatic carbocycles. The summed E-state index contributed by atoms with van der Waals surface area (Å²) in [6.07, 6.45) is 0. The summed E-state index contributed by atoms with van der Waals surface area (Å²) >= 11 is 1.89. The summed E-state index contributed by atoms with van der Waals surface area (Å²) in [7, 11) is 0. The van der Waals surface area contributed by atoms with Crippen LogP contribution < -0.4 is 0 Å². The van der Waals surface area contributed by atoms with Crippen LogP contribution in [0.15, 0.2) is 180 Å². The maximum absolute atomic E-state index is 2.44. The molecule has 1 atom stereocenters. The van der Waals surface area contributed by atoms with Crippen LogP contribution in [0.25, 0.3) is 54.9 Å². The van der Waals surface area contributed by atoms with Crippen molar-refractivity contribution in [2.75, 3.05) is 0 Å². The second-order valence-corrected chi connectivity index (χ2v) is 13.5. The lowest BCUT2D eigenvalue weighted by molar-refractivity contribution is 0.769. The van der Waals surface area contributed by atoms with E-state index in [4.69, 9.17) is 0 Å². The molecule has 1 heteroatoms. The van der Waals surface area contributed by atoms with Gasteiger partial charge in [0.1, 0.15) is 0 Å². The summed E-state index contributed by atoms with van der Waals surface area (Å²) < 4.78 is 0. The van der Waals surface area contributed by atoms with Gasteiger partial charge in [0.15, 0.2) is 0 Å². The largest absolute Gasteiger partial charge is 0.0888 e. The van der Waals surface area contributed by atoms with Crippen LogP contribution in [0.1, 0.15) is 22.3 Å². The quantitative estimate of drug-likeness (QED) is 0.194. The third-order valence-corrected chi connectivity index (χ3v) is 11.2. The van der Waals surface area contributed by atoms with Gasteiger partial charge in [-0.15, -0.1) is 0 Å². The molecule has 46 heavy (non-hydrogen) atoms. The minimum Gasteiger partial charge on any atom is -0.0888 e. The van der Waals surface area contributed by atoms with Gasteiger partial charge in [-0.3, -0.25) is 0 Å². The maximum atomic E-state index is 2.44. The van der Waals surface area contributed by atoms with Gasteiger partial charge in [-0.1, -0.05) is 157 Å². The molecular formula is C45H28S. The number of hydrogen-bond acceptors (Lipinski definition) is 1. The van der Waals surface area contributed by atoms with Gasteiger partial charge < -0.3 is 0 Å². The molecule has 1 aliphatic heterocycles. The van der Waals surface area contributed by atoms with Crippen molar-refractivity contribution < 1.29 is 0 Å². The van der Waals surface area contributed by atoms with E-state index in [-0.39, 0.29) is 0 Å². The Bertz CT molecular complexity index is 2480. The van der Waals surface area contributed by atoms with E-state index in [0.29, 0.717) is 0 Å². The minimum atomic E-state index is -0.413. The lowest BCUT2D eigenvalue weighted by Crippen LogP contribution is -2.28. The van der Waals surface area contributed by atoms with Crippen LogP contribution in [0.4, 0.5) is 0 Å². The van der Waals surface area contributed by atoms with Crippen LogP contribution in [-0.2, 0) is 5.41 Å². The molecule has 0 spiro atoms. The first-order valence-corrected chi connectivity index (χ1v) is 16.7. The van der Waals surface area contributed by atoms with Crippen LogP contribution in [-0.4, -0.2) is 0 Å². The summed E-state index contributed by atoms with van der Waals surface area (Å²) in [6, 6.07) is 63.3. The van der Waals surface area contributed by atoms with Crippen molar-refractivity contribution in [3.63, 3.8) is 0 Å². The number of hydrogen-bond donors (Lipinski definition) is 0. The van der Waals surface area contributed by atoms with E-state index in [1.807, 2.05) is 11.8 Å². The fourth-order valence-electron chi connectivity index (χ4n) is 8.10. The van der Waals surface area contributed by atoms with Gasteiger partial charge in [0.05, 0.1) is 5.41 Å². The molecule has 0 amide bonds. The molecule has 8 aromatic rings. The first kappa shape index (κ1) is 25.9. The molecule has 1 aliphatic carbocycles. The molecule has 0 aromatic heterocycles. The van der Waals surface area contributed by atoms with Gasteiger partial charge >= 0.3 is 0 Å². The second kappa shape index (κ2) is 9.81. The van der Waals surface area contributed by atoms with Gasteiger partial charge in [0, 0.05) is 15.2 Å². The minimum absolute atomic E-state index is 0.413. The van der Waals surface area contributed by atoms with Crippen molar-refractivity contribution >= 4 is 33.3 Å². The maximum Gasteiger partial charge on any atom is 0.0713 e. The Balaban J connectivity index is 1.15. The Labute approximate surface area is 273 Å². The average Bonchev–Trinajstić information content (AvgIpc) is 3.41. The van der Waals surface area contributed by atoms with E-state index >= 15 is 0 Å². The van der Waals surface area contributed by atoms with Crippen LogP contribution in [0.5, 0.6) is 0 Å². The van der Waals surface area contributed by atoms with Crippen molar-refractivity contribution in [3.05, 3.63) is 192 Å². The summed E-state index contributed by atoms with van der Waals surface area (Å²) in [6.45, 7) is 0. The van der Waals surface area contributed by atoms with Crippen molar-refractivity contribution in [2.45, 2.75) is 15.2 Å². The first-order valence-electron chi connectivity index (χ1n) is 15.9. The van der Waals surface area contributed by atoms with Gasteiger partial charge in [-0.05, 0) is 96.1 Å². The van der Waals surface area contributed by atoms with E-state index < -0.39 is 5.41 Å². The molecule has 0 radical (unpaired) electrons. The topological polar surface area (TPSA) is 0 Å². The standard InChI is InChI=1S/C45H28S/c1-2-14-34(15-3-1)45(40-18-7-6-16-36(40)39-26-31-10-4-5-11-32(31)27-41(39)45)35-23-20-29(21-24-35)33-22-25-37-38-17-8-12-30-13-9-19-42(44(30)38)46-43(37)28-33/h1-28H. The van der Waals surface area contributed by atoms with Crippen LogP contribution in [0, 0.1) is 0 Å². The zero-order valence-electron chi connectivity index (χ0n) is 25.1. The van der Waals surface area contributed by atoms with Crippen molar-refractivity contribution in [1.29, 1.82) is 0 Å². The summed E-state index contributed by atoms with van der Waals surface area (Å²) in [5.74, 6) is 0. The van der Waals surface area contributed by atoms with Gasteiger partial charge in [-0.2, -0.15) is 0 Å². The Morgan fingerprint density at radius 2 is 1.00 bits per heavy atom. The van der Waals surface area contributed by atoms with E-state index in [0.717, 1.165) is 0 Å². The molecule has 0 fully saturated rings. The van der Waals surface area contributed by atoms with Crippen molar-refractivity contribution in [2.24, 2.45) is 0 Å². The monoisotopic (exact) mass is 600 g/mol. The van der Waals surface area contributed by atoms with E-state index in [9.17, 15) is 0 Å². The Kier molecular flexibility index (Phi) is 5.53. The third-order valence-electron chi connectivity index (χ3n) is 10.1. The lowest BCUT2D eigenvalue weighted by Gasteiger charge is -2.34. The van der Waals surface area contributed by atoms with E-state index in [1.54, 1.807) is 0 Å². The first-order chi connectivity index (χ1) is 22.8. The predicted molar refractivity (Wildman–Crippen MR) is 194 cm³/mol. The predicted octanol–water partition coefficient (Wildman–Crippen LogP) is 12.2. The Morgan fingerprint density at radius 3 is 1.85 bits per heavy atom. The summed E-state index contributed by atoms with van der Waals surface area (Å²) in [5.41, 5.74) is 12.6. The zero-order chi connectivity index (χ0) is 30.2. The Morgan fingerprint density at radius 1 is 0.348 bits per heavy atom. The van der Waals surface area contributed by atoms with Crippen LogP contribution >= 0.6 is 11.8 Å².